The smallest absolute Gasteiger partial charge is 0.139 e. The first-order valence-electron chi connectivity index (χ1n) is 6.18. The zero-order valence-electron chi connectivity index (χ0n) is 10.1. The Morgan fingerprint density at radius 3 is 3.17 bits per heavy atom. The van der Waals surface area contributed by atoms with Crippen LogP contribution in [0.4, 0.5) is 0 Å². The molecule has 2 heterocycles. The third-order valence-corrected chi connectivity index (χ3v) is 3.95. The summed E-state index contributed by atoms with van der Waals surface area (Å²) >= 11 is 2.34. The predicted molar refractivity (Wildman–Crippen MR) is 79.3 cm³/mol. The molecule has 3 rings (SSSR count). The predicted octanol–water partition coefficient (Wildman–Crippen LogP) is 3.19. The minimum Gasteiger partial charge on any atom is -0.381 e. The van der Waals surface area contributed by atoms with Crippen LogP contribution in [0.15, 0.2) is 36.7 Å². The second-order valence-corrected chi connectivity index (χ2v) is 5.89. The standard InChI is InChI=1S/C14H15IN2O/c15-13-3-1-2-12(8-13)14-16-5-6-17(14)9-11-4-7-18-10-11/h1-3,5-6,8,11H,4,7,9-10H2. The van der Waals surface area contributed by atoms with Crippen LogP contribution in [0.1, 0.15) is 6.42 Å². The van der Waals surface area contributed by atoms with Crippen molar-refractivity contribution in [1.82, 2.24) is 9.55 Å². The van der Waals surface area contributed by atoms with Crippen molar-refractivity contribution in [3.8, 4) is 11.4 Å². The Kier molecular flexibility index (Phi) is 3.65. The van der Waals surface area contributed by atoms with Gasteiger partial charge in [-0.05, 0) is 41.1 Å². The lowest BCUT2D eigenvalue weighted by Gasteiger charge is -2.12. The van der Waals surface area contributed by atoms with Crippen molar-refractivity contribution < 1.29 is 4.74 Å². The van der Waals surface area contributed by atoms with Gasteiger partial charge in [0.25, 0.3) is 0 Å². The van der Waals surface area contributed by atoms with Gasteiger partial charge in [0.05, 0.1) is 6.61 Å². The highest BCUT2D eigenvalue weighted by atomic mass is 127. The number of hydrogen-bond acceptors (Lipinski definition) is 2. The lowest BCUT2D eigenvalue weighted by atomic mass is 10.1. The van der Waals surface area contributed by atoms with E-state index < -0.39 is 0 Å². The number of imidazole rings is 1. The Balaban J connectivity index is 1.86. The van der Waals surface area contributed by atoms with Gasteiger partial charge in [-0.15, -0.1) is 0 Å². The highest BCUT2D eigenvalue weighted by Crippen LogP contribution is 2.22. The number of benzene rings is 1. The summed E-state index contributed by atoms with van der Waals surface area (Å²) in [4.78, 5) is 4.49. The van der Waals surface area contributed by atoms with Gasteiger partial charge in [0, 0.05) is 40.6 Å². The molecule has 1 aliphatic rings. The minimum absolute atomic E-state index is 0.626. The Morgan fingerprint density at radius 1 is 1.44 bits per heavy atom. The van der Waals surface area contributed by atoms with Crippen LogP contribution in [0, 0.1) is 9.49 Å². The number of rotatable bonds is 3. The fraction of sp³-hybridized carbons (Fsp3) is 0.357. The molecule has 1 unspecified atom stereocenters. The average Bonchev–Trinajstić information content (AvgIpc) is 3.01. The van der Waals surface area contributed by atoms with Crippen LogP contribution >= 0.6 is 22.6 Å². The molecule has 1 aliphatic heterocycles. The molecule has 4 heteroatoms. The molecule has 18 heavy (non-hydrogen) atoms. The van der Waals surface area contributed by atoms with E-state index in [1.54, 1.807) is 0 Å². The SMILES string of the molecule is Ic1cccc(-c2nccn2CC2CCOC2)c1. The maximum Gasteiger partial charge on any atom is 0.139 e. The Bertz CT molecular complexity index is 532. The molecule has 0 amide bonds. The van der Waals surface area contributed by atoms with E-state index in [1.807, 2.05) is 6.20 Å². The van der Waals surface area contributed by atoms with Gasteiger partial charge in [-0.25, -0.2) is 4.98 Å². The van der Waals surface area contributed by atoms with Gasteiger partial charge >= 0.3 is 0 Å². The molecule has 0 aliphatic carbocycles. The monoisotopic (exact) mass is 354 g/mol. The molecule has 1 saturated heterocycles. The Hall–Kier alpha value is -0.880. The minimum atomic E-state index is 0.626. The summed E-state index contributed by atoms with van der Waals surface area (Å²) in [6.07, 6.45) is 5.10. The number of ether oxygens (including phenoxy) is 1. The average molecular weight is 354 g/mol. The van der Waals surface area contributed by atoms with Gasteiger partial charge in [0.15, 0.2) is 0 Å². The topological polar surface area (TPSA) is 27.1 Å². The molecule has 1 aromatic heterocycles. The maximum absolute atomic E-state index is 5.44. The van der Waals surface area contributed by atoms with Crippen molar-refractivity contribution in [3.63, 3.8) is 0 Å². The highest BCUT2D eigenvalue weighted by molar-refractivity contribution is 14.1. The molecule has 3 nitrogen and oxygen atoms in total. The van der Waals surface area contributed by atoms with Crippen molar-refractivity contribution in [2.75, 3.05) is 13.2 Å². The fourth-order valence-corrected chi connectivity index (χ4v) is 2.89. The first-order chi connectivity index (χ1) is 8.83. The van der Waals surface area contributed by atoms with Crippen molar-refractivity contribution in [2.24, 2.45) is 5.92 Å². The van der Waals surface area contributed by atoms with E-state index in [2.05, 4.69) is 62.6 Å². The molecule has 0 bridgehead atoms. The van der Waals surface area contributed by atoms with E-state index in [4.69, 9.17) is 4.74 Å². The zero-order valence-corrected chi connectivity index (χ0v) is 12.2. The number of hydrogen-bond donors (Lipinski definition) is 0. The zero-order chi connectivity index (χ0) is 12.4. The summed E-state index contributed by atoms with van der Waals surface area (Å²) in [5.74, 6) is 1.68. The lowest BCUT2D eigenvalue weighted by molar-refractivity contribution is 0.182. The van der Waals surface area contributed by atoms with Gasteiger partial charge < -0.3 is 9.30 Å². The Labute approximate surface area is 120 Å². The molecular weight excluding hydrogens is 339 g/mol. The van der Waals surface area contributed by atoms with Crippen LogP contribution in [0.2, 0.25) is 0 Å². The van der Waals surface area contributed by atoms with Crippen LogP contribution in [0.3, 0.4) is 0 Å². The van der Waals surface area contributed by atoms with Crippen molar-refractivity contribution in [3.05, 3.63) is 40.2 Å². The van der Waals surface area contributed by atoms with Gasteiger partial charge in [-0.2, -0.15) is 0 Å². The molecule has 0 radical (unpaired) electrons. The van der Waals surface area contributed by atoms with Crippen LogP contribution in [0.5, 0.6) is 0 Å². The van der Waals surface area contributed by atoms with Crippen LogP contribution in [-0.4, -0.2) is 22.8 Å². The van der Waals surface area contributed by atoms with Gasteiger partial charge in [-0.1, -0.05) is 12.1 Å². The highest BCUT2D eigenvalue weighted by Gasteiger charge is 2.17. The first-order valence-corrected chi connectivity index (χ1v) is 7.25. The van der Waals surface area contributed by atoms with Crippen molar-refractivity contribution in [1.29, 1.82) is 0 Å². The van der Waals surface area contributed by atoms with E-state index in [1.165, 1.54) is 9.13 Å². The molecule has 1 fully saturated rings. The van der Waals surface area contributed by atoms with Gasteiger partial charge in [-0.3, -0.25) is 0 Å². The summed E-state index contributed by atoms with van der Waals surface area (Å²) in [6.45, 7) is 2.78. The van der Waals surface area contributed by atoms with E-state index in [-0.39, 0.29) is 0 Å². The number of nitrogens with zero attached hydrogens (tertiary/aromatic N) is 2. The van der Waals surface area contributed by atoms with Crippen molar-refractivity contribution in [2.45, 2.75) is 13.0 Å². The Morgan fingerprint density at radius 2 is 2.39 bits per heavy atom. The summed E-state index contributed by atoms with van der Waals surface area (Å²) < 4.78 is 8.92. The molecule has 0 N–H and O–H groups in total. The summed E-state index contributed by atoms with van der Waals surface area (Å²) in [6, 6.07) is 8.47. The molecule has 0 saturated carbocycles. The summed E-state index contributed by atoms with van der Waals surface area (Å²) in [5, 5.41) is 0. The second kappa shape index (κ2) is 5.40. The van der Waals surface area contributed by atoms with E-state index in [9.17, 15) is 0 Å². The van der Waals surface area contributed by atoms with Crippen LogP contribution in [0.25, 0.3) is 11.4 Å². The molecular formula is C14H15IN2O. The van der Waals surface area contributed by atoms with Crippen molar-refractivity contribution >= 4 is 22.6 Å². The third-order valence-electron chi connectivity index (χ3n) is 3.28. The molecule has 0 spiro atoms. The lowest BCUT2D eigenvalue weighted by Crippen LogP contribution is -2.11. The maximum atomic E-state index is 5.44. The van der Waals surface area contributed by atoms with Gasteiger partial charge in [0.1, 0.15) is 5.82 Å². The molecule has 1 atom stereocenters. The first kappa shape index (κ1) is 12.2. The normalized spacial score (nSPS) is 19.3. The second-order valence-electron chi connectivity index (χ2n) is 4.64. The van der Waals surface area contributed by atoms with Gasteiger partial charge in [0.2, 0.25) is 0 Å². The number of halogens is 1. The number of aromatic nitrogens is 2. The molecule has 94 valence electrons. The van der Waals surface area contributed by atoms with Crippen LogP contribution in [-0.2, 0) is 11.3 Å². The van der Waals surface area contributed by atoms with E-state index >= 15 is 0 Å². The summed E-state index contributed by atoms with van der Waals surface area (Å²) in [5.41, 5.74) is 1.19. The van der Waals surface area contributed by atoms with E-state index in [0.29, 0.717) is 5.92 Å². The largest absolute Gasteiger partial charge is 0.381 e. The van der Waals surface area contributed by atoms with Crippen LogP contribution < -0.4 is 0 Å². The van der Waals surface area contributed by atoms with E-state index in [0.717, 1.165) is 32.0 Å². The molecule has 2 aromatic rings. The summed E-state index contributed by atoms with van der Waals surface area (Å²) in [7, 11) is 0. The molecule has 1 aromatic carbocycles. The fourth-order valence-electron chi connectivity index (χ4n) is 2.35. The third kappa shape index (κ3) is 2.59. The quantitative estimate of drug-likeness (QED) is 0.792.